The highest BCUT2D eigenvalue weighted by atomic mass is 32.1. The molecule has 1 fully saturated rings. The monoisotopic (exact) mass is 332 g/mol. The summed E-state index contributed by atoms with van der Waals surface area (Å²) in [5, 5.41) is 12.9. The molecule has 1 amide bonds. The summed E-state index contributed by atoms with van der Waals surface area (Å²) in [5.74, 6) is 0.613. The molecule has 0 atom stereocenters. The van der Waals surface area contributed by atoms with E-state index in [-0.39, 0.29) is 5.91 Å². The second-order valence-electron chi connectivity index (χ2n) is 5.45. The quantitative estimate of drug-likeness (QED) is 0.900. The average Bonchev–Trinajstić information content (AvgIpc) is 2.99. The number of carbonyl (C=O) groups excluding carboxylic acids is 1. The van der Waals surface area contributed by atoms with Gasteiger partial charge in [-0.2, -0.15) is 0 Å². The van der Waals surface area contributed by atoms with Crippen molar-refractivity contribution in [2.24, 2.45) is 0 Å². The Bertz CT molecular complexity index is 630. The lowest BCUT2D eigenvalue weighted by Crippen LogP contribution is -2.31. The number of rotatable bonds is 4. The van der Waals surface area contributed by atoms with Crippen LogP contribution in [0.25, 0.3) is 0 Å². The van der Waals surface area contributed by atoms with Gasteiger partial charge in [0, 0.05) is 45.2 Å². The van der Waals surface area contributed by atoms with E-state index in [9.17, 15) is 4.79 Å². The topological polar surface area (TPSA) is 74.2 Å². The molecule has 3 rings (SSSR count). The second-order valence-corrected chi connectivity index (χ2v) is 6.17. The summed E-state index contributed by atoms with van der Waals surface area (Å²) in [6.07, 6.45) is 1.07. The van der Waals surface area contributed by atoms with Gasteiger partial charge in [0.05, 0.1) is 11.2 Å². The molecule has 1 aliphatic rings. The van der Waals surface area contributed by atoms with Gasteiger partial charge >= 0.3 is 0 Å². The Kier molecular flexibility index (Phi) is 5.14. The number of nitrogens with zero attached hydrogens (tertiary/aromatic N) is 5. The van der Waals surface area contributed by atoms with E-state index in [1.807, 2.05) is 11.6 Å². The van der Waals surface area contributed by atoms with Crippen molar-refractivity contribution in [2.75, 3.05) is 38.1 Å². The van der Waals surface area contributed by atoms with Crippen molar-refractivity contribution >= 4 is 23.1 Å². The highest BCUT2D eigenvalue weighted by Crippen LogP contribution is 2.14. The standard InChI is InChI=1S/C15H20N6OS/c1-16-15(22)13-3-4-14(19-18-13)21-6-2-5-20(7-8-21)9-12-10-23-11-17-12/h3-4,10-11H,2,5-9H2,1H3,(H,16,22). The molecule has 1 saturated heterocycles. The minimum absolute atomic E-state index is 0.214. The predicted octanol–water partition coefficient (Wildman–Crippen LogP) is 1.00. The van der Waals surface area contributed by atoms with Crippen molar-refractivity contribution in [1.29, 1.82) is 0 Å². The van der Waals surface area contributed by atoms with Gasteiger partial charge in [0.25, 0.3) is 5.91 Å². The van der Waals surface area contributed by atoms with Crippen LogP contribution in [-0.4, -0.2) is 59.2 Å². The molecule has 1 aliphatic heterocycles. The fourth-order valence-electron chi connectivity index (χ4n) is 2.65. The molecule has 2 aromatic heterocycles. The fourth-order valence-corrected chi connectivity index (χ4v) is 3.20. The van der Waals surface area contributed by atoms with Crippen LogP contribution in [0, 0.1) is 0 Å². The first-order chi connectivity index (χ1) is 11.3. The van der Waals surface area contributed by atoms with Crippen molar-refractivity contribution in [3.63, 3.8) is 0 Å². The van der Waals surface area contributed by atoms with Crippen LogP contribution in [0.2, 0.25) is 0 Å². The highest BCUT2D eigenvalue weighted by molar-refractivity contribution is 7.07. The lowest BCUT2D eigenvalue weighted by Gasteiger charge is -2.22. The molecule has 2 aromatic rings. The first-order valence-corrected chi connectivity index (χ1v) is 8.61. The van der Waals surface area contributed by atoms with Gasteiger partial charge in [-0.3, -0.25) is 9.69 Å². The predicted molar refractivity (Wildman–Crippen MR) is 89.6 cm³/mol. The second kappa shape index (κ2) is 7.47. The lowest BCUT2D eigenvalue weighted by molar-refractivity contribution is 0.0957. The average molecular weight is 332 g/mol. The van der Waals surface area contributed by atoms with Crippen LogP contribution in [0.15, 0.2) is 23.0 Å². The third kappa shape index (κ3) is 4.02. The van der Waals surface area contributed by atoms with Crippen LogP contribution in [0.5, 0.6) is 0 Å². The van der Waals surface area contributed by atoms with Gasteiger partial charge < -0.3 is 10.2 Å². The number of hydrogen-bond acceptors (Lipinski definition) is 7. The number of anilines is 1. The molecule has 7 nitrogen and oxygen atoms in total. The van der Waals surface area contributed by atoms with Crippen molar-refractivity contribution < 1.29 is 4.79 Å². The van der Waals surface area contributed by atoms with E-state index in [2.05, 4.69) is 35.7 Å². The Balaban J connectivity index is 1.60. The lowest BCUT2D eigenvalue weighted by atomic mass is 10.3. The summed E-state index contributed by atoms with van der Waals surface area (Å²) in [7, 11) is 1.59. The molecule has 122 valence electrons. The van der Waals surface area contributed by atoms with Crippen LogP contribution < -0.4 is 10.2 Å². The first kappa shape index (κ1) is 15.8. The molecule has 0 radical (unpaired) electrons. The van der Waals surface area contributed by atoms with Gasteiger partial charge in [0.2, 0.25) is 0 Å². The number of thiazole rings is 1. The van der Waals surface area contributed by atoms with Crippen LogP contribution in [0.3, 0.4) is 0 Å². The van der Waals surface area contributed by atoms with Crippen LogP contribution in [0.4, 0.5) is 5.82 Å². The molecular weight excluding hydrogens is 312 g/mol. The van der Waals surface area contributed by atoms with Crippen molar-refractivity contribution in [1.82, 2.24) is 25.4 Å². The summed E-state index contributed by atoms with van der Waals surface area (Å²) in [5.41, 5.74) is 3.36. The molecule has 0 bridgehead atoms. The number of amides is 1. The van der Waals surface area contributed by atoms with Gasteiger partial charge in [-0.15, -0.1) is 21.5 Å². The van der Waals surface area contributed by atoms with E-state index < -0.39 is 0 Å². The van der Waals surface area contributed by atoms with Gasteiger partial charge in [-0.05, 0) is 18.6 Å². The fraction of sp³-hybridized carbons (Fsp3) is 0.467. The van der Waals surface area contributed by atoms with E-state index in [1.165, 1.54) is 0 Å². The Morgan fingerprint density at radius 1 is 1.26 bits per heavy atom. The van der Waals surface area contributed by atoms with Gasteiger partial charge in [0.15, 0.2) is 11.5 Å². The minimum atomic E-state index is -0.214. The van der Waals surface area contributed by atoms with Crippen LogP contribution in [0.1, 0.15) is 22.6 Å². The molecular formula is C15H20N6OS. The summed E-state index contributed by atoms with van der Waals surface area (Å²) in [6, 6.07) is 3.59. The van der Waals surface area contributed by atoms with Crippen molar-refractivity contribution in [3.8, 4) is 0 Å². The molecule has 0 unspecified atom stereocenters. The summed E-state index contributed by atoms with van der Waals surface area (Å²) in [4.78, 5) is 20.5. The summed E-state index contributed by atoms with van der Waals surface area (Å²) in [6.45, 7) is 4.77. The van der Waals surface area contributed by atoms with Gasteiger partial charge in [-0.1, -0.05) is 0 Å². The smallest absolute Gasteiger partial charge is 0.271 e. The molecule has 0 saturated carbocycles. The molecule has 1 N–H and O–H groups in total. The molecule has 23 heavy (non-hydrogen) atoms. The Morgan fingerprint density at radius 3 is 2.87 bits per heavy atom. The third-order valence-corrected chi connectivity index (χ3v) is 4.53. The van der Waals surface area contributed by atoms with Crippen LogP contribution >= 0.6 is 11.3 Å². The number of nitrogens with one attached hydrogen (secondary N) is 1. The van der Waals surface area contributed by atoms with Gasteiger partial charge in [0.1, 0.15) is 0 Å². The minimum Gasteiger partial charge on any atom is -0.354 e. The van der Waals surface area contributed by atoms with E-state index in [0.717, 1.165) is 50.7 Å². The highest BCUT2D eigenvalue weighted by Gasteiger charge is 2.17. The van der Waals surface area contributed by atoms with Crippen molar-refractivity contribution in [3.05, 3.63) is 34.4 Å². The maximum absolute atomic E-state index is 11.5. The zero-order chi connectivity index (χ0) is 16.1. The first-order valence-electron chi connectivity index (χ1n) is 7.66. The van der Waals surface area contributed by atoms with E-state index in [4.69, 9.17) is 0 Å². The Hall–Kier alpha value is -2.06. The molecule has 0 spiro atoms. The normalized spacial score (nSPS) is 16.1. The summed E-state index contributed by atoms with van der Waals surface area (Å²) >= 11 is 1.64. The number of carbonyl (C=O) groups is 1. The molecule has 0 aliphatic carbocycles. The zero-order valence-corrected chi connectivity index (χ0v) is 13.9. The molecule has 8 heteroatoms. The zero-order valence-electron chi connectivity index (χ0n) is 13.1. The van der Waals surface area contributed by atoms with Gasteiger partial charge in [-0.25, -0.2) is 4.98 Å². The summed E-state index contributed by atoms with van der Waals surface area (Å²) < 4.78 is 0. The van der Waals surface area contributed by atoms with E-state index in [0.29, 0.717) is 5.69 Å². The van der Waals surface area contributed by atoms with Crippen molar-refractivity contribution in [2.45, 2.75) is 13.0 Å². The van der Waals surface area contributed by atoms with E-state index >= 15 is 0 Å². The Morgan fingerprint density at radius 2 is 2.17 bits per heavy atom. The largest absolute Gasteiger partial charge is 0.354 e. The van der Waals surface area contributed by atoms with Crippen LogP contribution in [-0.2, 0) is 6.54 Å². The molecule has 0 aromatic carbocycles. The Labute approximate surface area is 139 Å². The molecule has 3 heterocycles. The third-order valence-electron chi connectivity index (χ3n) is 3.89. The number of hydrogen-bond donors (Lipinski definition) is 1. The van der Waals surface area contributed by atoms with E-state index in [1.54, 1.807) is 24.5 Å². The SMILES string of the molecule is CNC(=O)c1ccc(N2CCCN(Cc3cscn3)CC2)nn1. The number of aromatic nitrogens is 3. The maximum Gasteiger partial charge on any atom is 0.271 e. The maximum atomic E-state index is 11.5.